The van der Waals surface area contributed by atoms with Crippen LogP contribution in [0.5, 0.6) is 0 Å². The molecule has 82 valence electrons. The van der Waals surface area contributed by atoms with E-state index >= 15 is 0 Å². The molecule has 0 unspecified atom stereocenters. The molecule has 2 nitrogen and oxygen atoms in total. The molecule has 0 bridgehead atoms. The van der Waals surface area contributed by atoms with Crippen molar-refractivity contribution in [2.24, 2.45) is 0 Å². The highest BCUT2D eigenvalue weighted by Gasteiger charge is 2.06. The van der Waals surface area contributed by atoms with Crippen LogP contribution in [0.15, 0.2) is 30.5 Å². The van der Waals surface area contributed by atoms with E-state index in [0.717, 1.165) is 3.57 Å². The van der Waals surface area contributed by atoms with Crippen molar-refractivity contribution >= 4 is 34.2 Å². The third-order valence-electron chi connectivity index (χ3n) is 2.06. The Labute approximate surface area is 111 Å². The number of benzene rings is 1. The highest BCUT2D eigenvalue weighted by atomic mass is 127. The van der Waals surface area contributed by atoms with Gasteiger partial charge in [-0.15, -0.1) is 0 Å². The number of nitrogens with zero attached hydrogens (tertiary/aromatic N) is 2. The van der Waals surface area contributed by atoms with Gasteiger partial charge in [-0.3, -0.25) is 0 Å². The van der Waals surface area contributed by atoms with E-state index in [1.165, 1.54) is 6.07 Å². The van der Waals surface area contributed by atoms with Crippen LogP contribution in [-0.4, -0.2) is 9.97 Å². The Morgan fingerprint density at radius 1 is 1.31 bits per heavy atom. The van der Waals surface area contributed by atoms with Crippen LogP contribution in [0, 0.1) is 9.39 Å². The van der Waals surface area contributed by atoms with Crippen molar-refractivity contribution in [2.75, 3.05) is 0 Å². The summed E-state index contributed by atoms with van der Waals surface area (Å²) in [4.78, 5) is 8.20. The first kappa shape index (κ1) is 11.7. The number of hydrogen-bond acceptors (Lipinski definition) is 2. The topological polar surface area (TPSA) is 25.8 Å². The number of rotatable bonds is 2. The van der Waals surface area contributed by atoms with E-state index in [9.17, 15) is 4.39 Å². The van der Waals surface area contributed by atoms with Gasteiger partial charge in [-0.05, 0) is 34.2 Å². The molecule has 0 aliphatic rings. The fourth-order valence-corrected chi connectivity index (χ4v) is 1.68. The summed E-state index contributed by atoms with van der Waals surface area (Å²) in [5, 5.41) is 0.405. The lowest BCUT2D eigenvalue weighted by molar-refractivity contribution is 0.612. The average molecular weight is 349 g/mol. The minimum absolute atomic E-state index is 0.249. The summed E-state index contributed by atoms with van der Waals surface area (Å²) >= 11 is 7.92. The minimum atomic E-state index is -0.249. The third-order valence-corrected chi connectivity index (χ3v) is 3.45. The highest BCUT2D eigenvalue weighted by Crippen LogP contribution is 2.16. The van der Waals surface area contributed by atoms with Crippen LogP contribution >= 0.6 is 34.2 Å². The average Bonchev–Trinajstić information content (AvgIpc) is 2.27. The molecule has 0 aliphatic heterocycles. The molecule has 0 saturated heterocycles. The van der Waals surface area contributed by atoms with Gasteiger partial charge < -0.3 is 0 Å². The first-order chi connectivity index (χ1) is 7.66. The lowest BCUT2D eigenvalue weighted by Gasteiger charge is -2.02. The molecule has 0 aliphatic carbocycles. The van der Waals surface area contributed by atoms with Crippen molar-refractivity contribution in [3.8, 4) is 0 Å². The SMILES string of the molecule is Fc1ccccc1Cc1ncc(I)c(Cl)n1. The molecule has 2 aromatic rings. The Bertz CT molecular complexity index is 519. The lowest BCUT2D eigenvalue weighted by atomic mass is 10.1. The molecule has 0 amide bonds. The van der Waals surface area contributed by atoms with Crippen LogP contribution in [0.4, 0.5) is 4.39 Å². The molecular formula is C11H7ClFIN2. The van der Waals surface area contributed by atoms with Crippen molar-refractivity contribution in [3.05, 3.63) is 56.4 Å². The first-order valence-electron chi connectivity index (χ1n) is 4.57. The van der Waals surface area contributed by atoms with Crippen LogP contribution in [0.1, 0.15) is 11.4 Å². The normalized spacial score (nSPS) is 10.4. The fourth-order valence-electron chi connectivity index (χ4n) is 1.28. The maximum atomic E-state index is 13.4. The molecule has 16 heavy (non-hydrogen) atoms. The summed E-state index contributed by atoms with van der Waals surface area (Å²) in [6.45, 7) is 0. The molecule has 0 fully saturated rings. The van der Waals surface area contributed by atoms with Gasteiger partial charge in [0, 0.05) is 12.6 Å². The van der Waals surface area contributed by atoms with Crippen molar-refractivity contribution < 1.29 is 4.39 Å². The van der Waals surface area contributed by atoms with Crippen LogP contribution in [0.2, 0.25) is 5.15 Å². The van der Waals surface area contributed by atoms with E-state index in [2.05, 4.69) is 9.97 Å². The van der Waals surface area contributed by atoms with Crippen molar-refractivity contribution in [1.29, 1.82) is 0 Å². The summed E-state index contributed by atoms with van der Waals surface area (Å²) in [7, 11) is 0. The van der Waals surface area contributed by atoms with Crippen LogP contribution < -0.4 is 0 Å². The Morgan fingerprint density at radius 3 is 2.75 bits per heavy atom. The Kier molecular flexibility index (Phi) is 3.70. The summed E-state index contributed by atoms with van der Waals surface area (Å²) in [6, 6.07) is 6.57. The molecule has 0 atom stereocenters. The van der Waals surface area contributed by atoms with Gasteiger partial charge >= 0.3 is 0 Å². The van der Waals surface area contributed by atoms with Crippen molar-refractivity contribution in [1.82, 2.24) is 9.97 Å². The van der Waals surface area contributed by atoms with Gasteiger partial charge in [0.25, 0.3) is 0 Å². The van der Waals surface area contributed by atoms with Gasteiger partial charge in [0.15, 0.2) is 0 Å². The smallest absolute Gasteiger partial charge is 0.146 e. The van der Waals surface area contributed by atoms with E-state index in [1.54, 1.807) is 24.4 Å². The zero-order valence-electron chi connectivity index (χ0n) is 8.12. The van der Waals surface area contributed by atoms with Crippen LogP contribution in [0.25, 0.3) is 0 Å². The van der Waals surface area contributed by atoms with E-state index in [0.29, 0.717) is 23.0 Å². The summed E-state index contributed by atoms with van der Waals surface area (Å²) in [6.07, 6.45) is 1.98. The van der Waals surface area contributed by atoms with Gasteiger partial charge in [-0.2, -0.15) is 0 Å². The quantitative estimate of drug-likeness (QED) is 0.613. The molecule has 0 radical (unpaired) electrons. The maximum absolute atomic E-state index is 13.4. The first-order valence-corrected chi connectivity index (χ1v) is 6.03. The second kappa shape index (κ2) is 5.05. The molecule has 0 saturated carbocycles. The van der Waals surface area contributed by atoms with Gasteiger partial charge in [0.05, 0.1) is 3.57 Å². The largest absolute Gasteiger partial charge is 0.240 e. The molecule has 0 N–H and O–H groups in total. The Morgan fingerprint density at radius 2 is 2.06 bits per heavy atom. The molecule has 5 heteroatoms. The molecule has 2 rings (SSSR count). The van der Waals surface area contributed by atoms with Gasteiger partial charge in [-0.1, -0.05) is 29.8 Å². The predicted octanol–water partition coefficient (Wildman–Crippen LogP) is 3.46. The second-order valence-corrected chi connectivity index (χ2v) is 4.71. The Hall–Kier alpha value is -0.750. The number of halogens is 3. The molecule has 1 heterocycles. The molecule has 1 aromatic carbocycles. The molecule has 0 spiro atoms. The summed E-state index contributed by atoms with van der Waals surface area (Å²) < 4.78 is 14.2. The fraction of sp³-hybridized carbons (Fsp3) is 0.0909. The molecule has 1 aromatic heterocycles. The standard InChI is InChI=1S/C11H7ClFIN2/c12-11-9(14)6-15-10(16-11)5-7-3-1-2-4-8(7)13/h1-4,6H,5H2. The number of hydrogen-bond donors (Lipinski definition) is 0. The molecular weight excluding hydrogens is 341 g/mol. The maximum Gasteiger partial charge on any atom is 0.146 e. The van der Waals surface area contributed by atoms with Crippen LogP contribution in [-0.2, 0) is 6.42 Å². The van der Waals surface area contributed by atoms with Crippen molar-refractivity contribution in [3.63, 3.8) is 0 Å². The minimum Gasteiger partial charge on any atom is -0.240 e. The van der Waals surface area contributed by atoms with E-state index in [1.807, 2.05) is 22.6 Å². The van der Waals surface area contributed by atoms with Crippen LogP contribution in [0.3, 0.4) is 0 Å². The lowest BCUT2D eigenvalue weighted by Crippen LogP contribution is -1.99. The highest BCUT2D eigenvalue weighted by molar-refractivity contribution is 14.1. The predicted molar refractivity (Wildman–Crippen MR) is 69.0 cm³/mol. The van der Waals surface area contributed by atoms with E-state index in [-0.39, 0.29) is 5.82 Å². The van der Waals surface area contributed by atoms with Gasteiger partial charge in [0.1, 0.15) is 16.8 Å². The second-order valence-electron chi connectivity index (χ2n) is 3.19. The van der Waals surface area contributed by atoms with E-state index < -0.39 is 0 Å². The zero-order valence-corrected chi connectivity index (χ0v) is 11.0. The van der Waals surface area contributed by atoms with Crippen molar-refractivity contribution in [2.45, 2.75) is 6.42 Å². The Balaban J connectivity index is 2.28. The van der Waals surface area contributed by atoms with E-state index in [4.69, 9.17) is 11.6 Å². The zero-order chi connectivity index (χ0) is 11.5. The summed E-state index contributed by atoms with van der Waals surface area (Å²) in [5.74, 6) is 0.274. The van der Waals surface area contributed by atoms with Gasteiger partial charge in [0.2, 0.25) is 0 Å². The summed E-state index contributed by atoms with van der Waals surface area (Å²) in [5.41, 5.74) is 0.569. The monoisotopic (exact) mass is 348 g/mol. The van der Waals surface area contributed by atoms with Gasteiger partial charge in [-0.25, -0.2) is 14.4 Å². The number of aromatic nitrogens is 2. The third kappa shape index (κ3) is 2.68.